The van der Waals surface area contributed by atoms with Gasteiger partial charge in [0.05, 0.1) is 5.52 Å². The molecule has 14 heavy (non-hydrogen) atoms. The third-order valence-electron chi connectivity index (χ3n) is 2.23. The van der Waals surface area contributed by atoms with E-state index >= 15 is 0 Å². The second-order valence-electron chi connectivity index (χ2n) is 3.13. The molecule has 0 saturated heterocycles. The van der Waals surface area contributed by atoms with Gasteiger partial charge >= 0.3 is 0 Å². The van der Waals surface area contributed by atoms with Crippen LogP contribution in [0.4, 0.5) is 5.95 Å². The monoisotopic (exact) mass is 184 g/mol. The number of hydrogen-bond donors (Lipinski definition) is 1. The first-order valence-corrected chi connectivity index (χ1v) is 4.34. The third kappa shape index (κ3) is 0.877. The van der Waals surface area contributed by atoms with Gasteiger partial charge in [-0.1, -0.05) is 18.2 Å². The van der Waals surface area contributed by atoms with Crippen molar-refractivity contribution >= 4 is 22.5 Å². The lowest BCUT2D eigenvalue weighted by atomic mass is 10.2. The number of nitrogens with zero attached hydrogens (tertiary/aromatic N) is 3. The van der Waals surface area contributed by atoms with Gasteiger partial charge in [-0.15, -0.1) is 5.10 Å². The van der Waals surface area contributed by atoms with Gasteiger partial charge in [0.15, 0.2) is 5.65 Å². The van der Waals surface area contributed by atoms with Gasteiger partial charge in [0.1, 0.15) is 0 Å². The van der Waals surface area contributed by atoms with Crippen LogP contribution in [0.25, 0.3) is 16.6 Å². The molecule has 3 rings (SSSR count). The second kappa shape index (κ2) is 2.45. The van der Waals surface area contributed by atoms with Gasteiger partial charge in [-0.25, -0.2) is 4.52 Å². The number of fused-ring (bicyclic) bond motifs is 3. The van der Waals surface area contributed by atoms with Crippen molar-refractivity contribution in [2.24, 2.45) is 0 Å². The van der Waals surface area contributed by atoms with Crippen molar-refractivity contribution in [3.05, 3.63) is 36.4 Å². The van der Waals surface area contributed by atoms with Gasteiger partial charge in [0.2, 0.25) is 5.95 Å². The van der Waals surface area contributed by atoms with Crippen molar-refractivity contribution in [2.75, 3.05) is 5.73 Å². The third-order valence-corrected chi connectivity index (χ3v) is 2.23. The average molecular weight is 184 g/mol. The zero-order valence-corrected chi connectivity index (χ0v) is 7.38. The smallest absolute Gasteiger partial charge is 0.240 e. The van der Waals surface area contributed by atoms with E-state index in [4.69, 9.17) is 5.73 Å². The number of aromatic nitrogens is 3. The zero-order chi connectivity index (χ0) is 9.54. The van der Waals surface area contributed by atoms with Crippen molar-refractivity contribution in [1.82, 2.24) is 14.6 Å². The Labute approximate surface area is 80.0 Å². The first-order chi connectivity index (χ1) is 6.84. The Morgan fingerprint density at radius 2 is 1.93 bits per heavy atom. The number of hydrogen-bond acceptors (Lipinski definition) is 3. The molecule has 0 radical (unpaired) electrons. The summed E-state index contributed by atoms with van der Waals surface area (Å²) in [7, 11) is 0. The second-order valence-corrected chi connectivity index (χ2v) is 3.13. The molecule has 2 aromatic heterocycles. The number of benzene rings is 1. The lowest BCUT2D eigenvalue weighted by Gasteiger charge is -1.98. The van der Waals surface area contributed by atoms with Crippen LogP contribution in [0.15, 0.2) is 36.4 Å². The van der Waals surface area contributed by atoms with E-state index in [1.165, 1.54) is 0 Å². The SMILES string of the molecule is Nc1nc2ccc3ccccc3n2n1. The van der Waals surface area contributed by atoms with E-state index in [2.05, 4.69) is 10.1 Å². The minimum absolute atomic E-state index is 0.307. The average Bonchev–Trinajstić information content (AvgIpc) is 2.59. The summed E-state index contributed by atoms with van der Waals surface area (Å²) in [5.74, 6) is 0.307. The normalized spacial score (nSPS) is 11.1. The number of nitrogens with two attached hydrogens (primary N) is 1. The quantitative estimate of drug-likeness (QED) is 0.575. The molecular weight excluding hydrogens is 176 g/mol. The lowest BCUT2D eigenvalue weighted by molar-refractivity contribution is 1.01. The lowest BCUT2D eigenvalue weighted by Crippen LogP contribution is -1.91. The van der Waals surface area contributed by atoms with Crippen LogP contribution in [0, 0.1) is 0 Å². The molecular formula is C10H8N4. The summed E-state index contributed by atoms with van der Waals surface area (Å²) in [5, 5.41) is 5.25. The number of anilines is 1. The summed E-state index contributed by atoms with van der Waals surface area (Å²) in [6, 6.07) is 11.9. The molecule has 1 aromatic carbocycles. The molecule has 0 saturated carbocycles. The molecule has 0 aliphatic heterocycles. The van der Waals surface area contributed by atoms with Crippen molar-refractivity contribution in [3.8, 4) is 0 Å². The number of nitrogen functional groups attached to an aromatic ring is 1. The molecule has 0 spiro atoms. The molecule has 0 fully saturated rings. The summed E-state index contributed by atoms with van der Waals surface area (Å²) in [6.45, 7) is 0. The van der Waals surface area contributed by atoms with Crippen LogP contribution in [-0.2, 0) is 0 Å². The molecule has 2 heterocycles. The fraction of sp³-hybridized carbons (Fsp3) is 0. The van der Waals surface area contributed by atoms with E-state index < -0.39 is 0 Å². The maximum atomic E-state index is 5.54. The van der Waals surface area contributed by atoms with Crippen LogP contribution in [0.5, 0.6) is 0 Å². The molecule has 4 nitrogen and oxygen atoms in total. The summed E-state index contributed by atoms with van der Waals surface area (Å²) in [5.41, 5.74) is 7.34. The molecule has 0 bridgehead atoms. The molecule has 4 heteroatoms. The summed E-state index contributed by atoms with van der Waals surface area (Å²) < 4.78 is 1.75. The van der Waals surface area contributed by atoms with E-state index in [1.807, 2.05) is 36.4 Å². The highest BCUT2D eigenvalue weighted by atomic mass is 15.3. The fourth-order valence-electron chi connectivity index (χ4n) is 1.61. The molecule has 0 amide bonds. The maximum Gasteiger partial charge on any atom is 0.240 e. The van der Waals surface area contributed by atoms with Crippen molar-refractivity contribution in [2.45, 2.75) is 0 Å². The standard InChI is InChI=1S/C10H8N4/c11-10-12-9-6-5-7-3-1-2-4-8(7)14(9)13-10/h1-6H,(H2,11,13). The highest BCUT2D eigenvalue weighted by Gasteiger charge is 2.02. The Morgan fingerprint density at radius 3 is 2.86 bits per heavy atom. The Kier molecular flexibility index (Phi) is 1.28. The van der Waals surface area contributed by atoms with Crippen LogP contribution >= 0.6 is 0 Å². The van der Waals surface area contributed by atoms with E-state index in [9.17, 15) is 0 Å². The first-order valence-electron chi connectivity index (χ1n) is 4.34. The van der Waals surface area contributed by atoms with Crippen LogP contribution < -0.4 is 5.73 Å². The predicted octanol–water partition coefficient (Wildman–Crippen LogP) is 1.46. The maximum absolute atomic E-state index is 5.54. The fourth-order valence-corrected chi connectivity index (χ4v) is 1.61. The molecule has 68 valence electrons. The van der Waals surface area contributed by atoms with Gasteiger partial charge in [-0.3, -0.25) is 0 Å². The first kappa shape index (κ1) is 7.32. The highest BCUT2D eigenvalue weighted by molar-refractivity contribution is 5.81. The molecule has 0 unspecified atom stereocenters. The van der Waals surface area contributed by atoms with E-state index in [0.717, 1.165) is 16.6 Å². The van der Waals surface area contributed by atoms with Gasteiger partial charge in [0, 0.05) is 5.39 Å². The van der Waals surface area contributed by atoms with Crippen molar-refractivity contribution in [3.63, 3.8) is 0 Å². The minimum atomic E-state index is 0.307. The molecule has 2 N–H and O–H groups in total. The summed E-state index contributed by atoms with van der Waals surface area (Å²) in [4.78, 5) is 4.09. The van der Waals surface area contributed by atoms with Crippen LogP contribution in [0.3, 0.4) is 0 Å². The zero-order valence-electron chi connectivity index (χ0n) is 7.38. The summed E-state index contributed by atoms with van der Waals surface area (Å²) in [6.07, 6.45) is 0. The minimum Gasteiger partial charge on any atom is -0.366 e. The van der Waals surface area contributed by atoms with E-state index in [-0.39, 0.29) is 0 Å². The summed E-state index contributed by atoms with van der Waals surface area (Å²) >= 11 is 0. The Hall–Kier alpha value is -2.10. The number of rotatable bonds is 0. The Bertz CT molecular complexity index is 612. The van der Waals surface area contributed by atoms with Crippen LogP contribution in [0.1, 0.15) is 0 Å². The number of para-hydroxylation sites is 1. The van der Waals surface area contributed by atoms with Gasteiger partial charge in [-0.2, -0.15) is 4.98 Å². The van der Waals surface area contributed by atoms with Crippen molar-refractivity contribution in [1.29, 1.82) is 0 Å². The predicted molar refractivity (Wildman–Crippen MR) is 54.9 cm³/mol. The van der Waals surface area contributed by atoms with Gasteiger partial charge in [0.25, 0.3) is 0 Å². The van der Waals surface area contributed by atoms with Gasteiger partial charge in [-0.05, 0) is 18.2 Å². The highest BCUT2D eigenvalue weighted by Crippen LogP contribution is 2.15. The molecule has 0 atom stereocenters. The largest absolute Gasteiger partial charge is 0.366 e. The van der Waals surface area contributed by atoms with Gasteiger partial charge < -0.3 is 5.73 Å². The Morgan fingerprint density at radius 1 is 1.07 bits per heavy atom. The van der Waals surface area contributed by atoms with E-state index in [1.54, 1.807) is 4.52 Å². The molecule has 0 aliphatic carbocycles. The molecule has 3 aromatic rings. The van der Waals surface area contributed by atoms with Crippen LogP contribution in [0.2, 0.25) is 0 Å². The Balaban J connectivity index is 2.60. The topological polar surface area (TPSA) is 56.2 Å². The van der Waals surface area contributed by atoms with Crippen LogP contribution in [-0.4, -0.2) is 14.6 Å². The van der Waals surface area contributed by atoms with E-state index in [0.29, 0.717) is 5.95 Å². The number of pyridine rings is 1. The van der Waals surface area contributed by atoms with Crippen molar-refractivity contribution < 1.29 is 0 Å². The molecule has 0 aliphatic rings.